The second-order valence-corrected chi connectivity index (χ2v) is 5.96. The lowest BCUT2D eigenvalue weighted by molar-refractivity contribution is -0.152. The molecule has 20 heavy (non-hydrogen) atoms. The van der Waals surface area contributed by atoms with Crippen molar-refractivity contribution in [1.29, 1.82) is 0 Å². The zero-order valence-corrected chi connectivity index (χ0v) is 11.5. The third-order valence-corrected chi connectivity index (χ3v) is 3.76. The number of hydrogen-bond acceptors (Lipinski definition) is 6. The van der Waals surface area contributed by atoms with Crippen LogP contribution < -0.4 is 5.32 Å². The molecule has 0 aromatic carbocycles. The number of carbonyl (C=O) groups excluding carboxylic acids is 2. The Kier molecular flexibility index (Phi) is 2.99. The first-order valence-corrected chi connectivity index (χ1v) is 6.76. The summed E-state index contributed by atoms with van der Waals surface area (Å²) in [7, 11) is 0. The molecule has 2 fully saturated rings. The van der Waals surface area contributed by atoms with Gasteiger partial charge in [-0.05, 0) is 26.7 Å². The maximum atomic E-state index is 12.0. The van der Waals surface area contributed by atoms with Gasteiger partial charge in [0.25, 0.3) is 0 Å². The topological polar surface area (TPSA) is 94.3 Å². The van der Waals surface area contributed by atoms with Gasteiger partial charge in [-0.1, -0.05) is 5.16 Å². The van der Waals surface area contributed by atoms with Gasteiger partial charge in [0.05, 0.1) is 5.92 Å². The van der Waals surface area contributed by atoms with E-state index in [1.54, 1.807) is 0 Å². The summed E-state index contributed by atoms with van der Waals surface area (Å²) in [6.45, 7) is 3.60. The van der Waals surface area contributed by atoms with Crippen molar-refractivity contribution in [2.45, 2.75) is 51.2 Å². The van der Waals surface area contributed by atoms with Gasteiger partial charge in [0, 0.05) is 17.9 Å². The molecule has 1 aromatic heterocycles. The van der Waals surface area contributed by atoms with Crippen LogP contribution in [-0.4, -0.2) is 27.6 Å². The van der Waals surface area contributed by atoms with E-state index < -0.39 is 17.4 Å². The molecule has 0 radical (unpaired) electrons. The molecule has 1 saturated carbocycles. The molecule has 1 aliphatic heterocycles. The second kappa shape index (κ2) is 4.57. The van der Waals surface area contributed by atoms with E-state index in [0.717, 1.165) is 12.8 Å². The van der Waals surface area contributed by atoms with E-state index in [2.05, 4.69) is 15.5 Å². The fraction of sp³-hybridized carbons (Fsp3) is 0.692. The van der Waals surface area contributed by atoms with E-state index in [-0.39, 0.29) is 18.9 Å². The van der Waals surface area contributed by atoms with Crippen molar-refractivity contribution in [2.75, 3.05) is 0 Å². The van der Waals surface area contributed by atoms with Crippen LogP contribution in [0, 0.1) is 5.92 Å². The van der Waals surface area contributed by atoms with Crippen molar-refractivity contribution in [1.82, 2.24) is 15.5 Å². The Morgan fingerprint density at radius 1 is 1.50 bits per heavy atom. The average molecular weight is 279 g/mol. The third-order valence-electron chi connectivity index (χ3n) is 3.76. The third kappa shape index (κ3) is 2.52. The number of hydrogen-bond donors (Lipinski definition) is 1. The van der Waals surface area contributed by atoms with E-state index in [9.17, 15) is 9.59 Å². The number of esters is 1. The van der Waals surface area contributed by atoms with Crippen molar-refractivity contribution in [3.8, 4) is 0 Å². The van der Waals surface area contributed by atoms with Gasteiger partial charge in [-0.15, -0.1) is 0 Å². The number of nitrogens with one attached hydrogen (secondary N) is 1. The van der Waals surface area contributed by atoms with Crippen LogP contribution in [0.1, 0.15) is 50.7 Å². The number of amides is 1. The minimum Gasteiger partial charge on any atom is -0.457 e. The summed E-state index contributed by atoms with van der Waals surface area (Å²) in [6, 6.07) is 0. The number of ether oxygens (including phenoxy) is 1. The molecule has 7 nitrogen and oxygen atoms in total. The number of aromatic nitrogens is 2. The van der Waals surface area contributed by atoms with Crippen molar-refractivity contribution in [3.05, 3.63) is 11.7 Å². The van der Waals surface area contributed by atoms with Crippen molar-refractivity contribution in [3.63, 3.8) is 0 Å². The van der Waals surface area contributed by atoms with Crippen LogP contribution in [0.5, 0.6) is 0 Å². The molecule has 1 amide bonds. The molecule has 1 aromatic rings. The van der Waals surface area contributed by atoms with Gasteiger partial charge in [0.1, 0.15) is 0 Å². The van der Waals surface area contributed by atoms with E-state index in [1.165, 1.54) is 0 Å². The SMILES string of the molecule is CC1(C)NC(=O)CC1C(=O)OCc1noc(C2CC2)n1. The van der Waals surface area contributed by atoms with Gasteiger partial charge in [-0.2, -0.15) is 4.98 Å². The Labute approximate surface area is 116 Å². The quantitative estimate of drug-likeness (QED) is 0.823. The predicted octanol–water partition coefficient (Wildman–Crippen LogP) is 0.905. The molecule has 3 rings (SSSR count). The smallest absolute Gasteiger partial charge is 0.312 e. The highest BCUT2D eigenvalue weighted by Gasteiger charge is 2.44. The van der Waals surface area contributed by atoms with Gasteiger partial charge in [0.15, 0.2) is 6.61 Å². The highest BCUT2D eigenvalue weighted by atomic mass is 16.5. The van der Waals surface area contributed by atoms with E-state index in [1.807, 2.05) is 13.8 Å². The molecule has 0 bridgehead atoms. The lowest BCUT2D eigenvalue weighted by atomic mass is 9.89. The predicted molar refractivity (Wildman–Crippen MR) is 66.4 cm³/mol. The molecule has 1 aliphatic carbocycles. The van der Waals surface area contributed by atoms with Gasteiger partial charge in [0.2, 0.25) is 17.6 Å². The molecule has 1 N–H and O–H groups in total. The standard InChI is InChI=1S/C13H17N3O4/c1-13(2)8(5-10(17)15-13)12(18)19-6-9-14-11(20-16-9)7-3-4-7/h7-8H,3-6H2,1-2H3,(H,15,17). The van der Waals surface area contributed by atoms with Crippen LogP contribution in [0.15, 0.2) is 4.52 Å². The molecule has 2 aliphatic rings. The Hall–Kier alpha value is -1.92. The highest BCUT2D eigenvalue weighted by Crippen LogP contribution is 2.38. The van der Waals surface area contributed by atoms with Crippen LogP contribution in [0.2, 0.25) is 0 Å². The first-order chi connectivity index (χ1) is 9.45. The fourth-order valence-electron chi connectivity index (χ4n) is 2.37. The second-order valence-electron chi connectivity index (χ2n) is 5.96. The Morgan fingerprint density at radius 2 is 2.25 bits per heavy atom. The summed E-state index contributed by atoms with van der Waals surface area (Å²) in [5.74, 6) is 0.343. The van der Waals surface area contributed by atoms with E-state index in [0.29, 0.717) is 17.6 Å². The Bertz CT molecular complexity index is 548. The minimum absolute atomic E-state index is 0.0180. The van der Waals surface area contributed by atoms with Crippen LogP contribution in [0.25, 0.3) is 0 Å². The van der Waals surface area contributed by atoms with Crippen LogP contribution in [-0.2, 0) is 20.9 Å². The summed E-state index contributed by atoms with van der Waals surface area (Å²) < 4.78 is 10.3. The zero-order valence-electron chi connectivity index (χ0n) is 11.5. The molecule has 2 heterocycles. The number of nitrogens with zero attached hydrogens (tertiary/aromatic N) is 2. The Morgan fingerprint density at radius 3 is 2.85 bits per heavy atom. The number of rotatable bonds is 4. The molecule has 1 unspecified atom stereocenters. The van der Waals surface area contributed by atoms with E-state index in [4.69, 9.17) is 9.26 Å². The first-order valence-electron chi connectivity index (χ1n) is 6.76. The van der Waals surface area contributed by atoms with Gasteiger partial charge in [-0.25, -0.2) is 0 Å². The van der Waals surface area contributed by atoms with Gasteiger partial charge in [-0.3, -0.25) is 9.59 Å². The summed E-state index contributed by atoms with van der Waals surface area (Å²) in [4.78, 5) is 27.6. The molecular formula is C13H17N3O4. The lowest BCUT2D eigenvalue weighted by Crippen LogP contribution is -2.42. The molecule has 0 spiro atoms. The van der Waals surface area contributed by atoms with Gasteiger partial charge < -0.3 is 14.6 Å². The molecule has 1 atom stereocenters. The summed E-state index contributed by atoms with van der Waals surface area (Å²) >= 11 is 0. The molecular weight excluding hydrogens is 262 g/mol. The average Bonchev–Trinajstić information content (AvgIpc) is 3.04. The maximum Gasteiger partial charge on any atom is 0.312 e. The molecule has 1 saturated heterocycles. The summed E-state index contributed by atoms with van der Waals surface area (Å²) in [5, 5.41) is 6.54. The van der Waals surface area contributed by atoms with Crippen LogP contribution in [0.4, 0.5) is 0 Å². The lowest BCUT2D eigenvalue weighted by Gasteiger charge is -2.24. The van der Waals surface area contributed by atoms with E-state index >= 15 is 0 Å². The van der Waals surface area contributed by atoms with Gasteiger partial charge >= 0.3 is 5.97 Å². The number of carbonyl (C=O) groups is 2. The highest BCUT2D eigenvalue weighted by molar-refractivity contribution is 5.88. The van der Waals surface area contributed by atoms with Crippen molar-refractivity contribution in [2.24, 2.45) is 5.92 Å². The largest absolute Gasteiger partial charge is 0.457 e. The summed E-state index contributed by atoms with van der Waals surface area (Å²) in [6.07, 6.45) is 2.31. The normalized spacial score (nSPS) is 24.5. The molecule has 108 valence electrons. The van der Waals surface area contributed by atoms with Crippen LogP contribution >= 0.6 is 0 Å². The monoisotopic (exact) mass is 279 g/mol. The Balaban J connectivity index is 1.57. The van der Waals surface area contributed by atoms with Crippen LogP contribution in [0.3, 0.4) is 0 Å². The van der Waals surface area contributed by atoms with Crippen molar-refractivity contribution >= 4 is 11.9 Å². The summed E-state index contributed by atoms with van der Waals surface area (Å²) in [5.41, 5.74) is -0.579. The molecule has 7 heteroatoms. The zero-order chi connectivity index (χ0) is 14.3. The van der Waals surface area contributed by atoms with Crippen molar-refractivity contribution < 1.29 is 18.8 Å². The maximum absolute atomic E-state index is 12.0. The first kappa shape index (κ1) is 13.1. The fourth-order valence-corrected chi connectivity index (χ4v) is 2.37. The minimum atomic E-state index is -0.579.